The Hall–Kier alpha value is -3.52. The summed E-state index contributed by atoms with van der Waals surface area (Å²) in [5, 5.41) is 14.3. The first-order chi connectivity index (χ1) is 13.4. The van der Waals surface area contributed by atoms with Crippen molar-refractivity contribution in [1.29, 1.82) is 0 Å². The number of non-ortho nitro benzene ring substituents is 1. The highest BCUT2D eigenvalue weighted by Crippen LogP contribution is 2.24. The molecule has 0 radical (unpaired) electrons. The van der Waals surface area contributed by atoms with E-state index in [9.17, 15) is 19.7 Å². The Morgan fingerprint density at radius 1 is 1.21 bits per heavy atom. The molecule has 0 aliphatic rings. The van der Waals surface area contributed by atoms with Crippen molar-refractivity contribution in [2.45, 2.75) is 13.0 Å². The second-order valence-electron chi connectivity index (χ2n) is 5.83. The van der Waals surface area contributed by atoms with Gasteiger partial charge in [0, 0.05) is 23.7 Å². The number of halogens is 1. The second kappa shape index (κ2) is 8.01. The number of nitrogens with zero attached hydrogens (tertiary/aromatic N) is 2. The number of aromatic nitrogens is 1. The van der Waals surface area contributed by atoms with Crippen LogP contribution in [0.25, 0.3) is 10.9 Å². The smallest absolute Gasteiger partial charge is 0.340 e. The summed E-state index contributed by atoms with van der Waals surface area (Å²) < 4.78 is 5.12. The molecule has 0 aliphatic heterocycles. The number of carbonyl (C=O) groups excluding carboxylic acids is 2. The first-order valence-electron chi connectivity index (χ1n) is 8.16. The molecule has 1 aromatic heterocycles. The summed E-state index contributed by atoms with van der Waals surface area (Å²) in [6, 6.07) is 12.2. The Morgan fingerprint density at radius 2 is 2.00 bits per heavy atom. The molecule has 0 bridgehead atoms. The molecule has 1 N–H and O–H groups in total. The molecule has 3 rings (SSSR count). The Balaban J connectivity index is 1.75. The molecule has 28 heavy (non-hydrogen) atoms. The molecule has 0 saturated carbocycles. The number of anilines is 1. The van der Waals surface area contributed by atoms with Gasteiger partial charge in [0.15, 0.2) is 6.10 Å². The summed E-state index contributed by atoms with van der Waals surface area (Å²) in [6.45, 7) is 1.39. The number of hydrogen-bond donors (Lipinski definition) is 1. The molecule has 8 nitrogen and oxygen atoms in total. The zero-order chi connectivity index (χ0) is 20.3. The first-order valence-corrected chi connectivity index (χ1v) is 8.54. The molecule has 142 valence electrons. The van der Waals surface area contributed by atoms with E-state index in [1.807, 2.05) is 0 Å². The third kappa shape index (κ3) is 4.07. The number of nitrogens with one attached hydrogen (secondary N) is 1. The van der Waals surface area contributed by atoms with E-state index >= 15 is 0 Å². The van der Waals surface area contributed by atoms with Gasteiger partial charge in [0.2, 0.25) is 0 Å². The SMILES string of the molecule is CC(OC(=O)c1cc([N+](=O)[O-])ccc1Cl)C(=O)Nc1cccc2ncccc12. The number of amides is 1. The lowest BCUT2D eigenvalue weighted by molar-refractivity contribution is -0.384. The van der Waals surface area contributed by atoms with Gasteiger partial charge >= 0.3 is 5.97 Å². The third-order valence-electron chi connectivity index (χ3n) is 3.94. The number of ether oxygens (including phenoxy) is 1. The van der Waals surface area contributed by atoms with Gasteiger partial charge in [-0.25, -0.2) is 4.79 Å². The number of hydrogen-bond acceptors (Lipinski definition) is 6. The summed E-state index contributed by atoms with van der Waals surface area (Å²) in [7, 11) is 0. The minimum Gasteiger partial charge on any atom is -0.449 e. The number of nitro groups is 1. The van der Waals surface area contributed by atoms with Crippen molar-refractivity contribution < 1.29 is 19.2 Å². The van der Waals surface area contributed by atoms with Crippen molar-refractivity contribution in [1.82, 2.24) is 4.98 Å². The van der Waals surface area contributed by atoms with Crippen LogP contribution in [0.2, 0.25) is 5.02 Å². The van der Waals surface area contributed by atoms with E-state index in [0.29, 0.717) is 11.2 Å². The number of fused-ring (bicyclic) bond motifs is 1. The lowest BCUT2D eigenvalue weighted by Gasteiger charge is -2.15. The Kier molecular flexibility index (Phi) is 5.51. The Labute approximate surface area is 164 Å². The van der Waals surface area contributed by atoms with Crippen LogP contribution in [0.5, 0.6) is 0 Å². The van der Waals surface area contributed by atoms with Crippen LogP contribution >= 0.6 is 11.6 Å². The average Bonchev–Trinajstić information content (AvgIpc) is 2.68. The topological polar surface area (TPSA) is 111 Å². The predicted octanol–water partition coefficient (Wildman–Crippen LogP) is 3.98. The normalized spacial score (nSPS) is 11.6. The van der Waals surface area contributed by atoms with Crippen molar-refractivity contribution in [2.24, 2.45) is 0 Å². The van der Waals surface area contributed by atoms with E-state index in [4.69, 9.17) is 16.3 Å². The van der Waals surface area contributed by atoms with Gasteiger partial charge in [0.05, 0.1) is 26.7 Å². The minimum atomic E-state index is -1.16. The maximum Gasteiger partial charge on any atom is 0.340 e. The van der Waals surface area contributed by atoms with Gasteiger partial charge in [0.1, 0.15) is 0 Å². The van der Waals surface area contributed by atoms with Crippen LogP contribution < -0.4 is 5.32 Å². The van der Waals surface area contributed by atoms with Crippen LogP contribution in [0.15, 0.2) is 54.7 Å². The minimum absolute atomic E-state index is 0.0108. The van der Waals surface area contributed by atoms with E-state index in [1.54, 1.807) is 36.5 Å². The van der Waals surface area contributed by atoms with Crippen LogP contribution in [-0.2, 0) is 9.53 Å². The maximum absolute atomic E-state index is 12.4. The largest absolute Gasteiger partial charge is 0.449 e. The standard InChI is InChI=1S/C19H14ClN3O5/c1-11(28-19(25)14-10-12(23(26)27)7-8-15(14)20)18(24)22-17-6-2-5-16-13(17)4-3-9-21-16/h2-11H,1H3,(H,22,24). The lowest BCUT2D eigenvalue weighted by Crippen LogP contribution is -2.30. The fourth-order valence-electron chi connectivity index (χ4n) is 2.51. The van der Waals surface area contributed by atoms with E-state index < -0.39 is 22.9 Å². The van der Waals surface area contributed by atoms with Crippen LogP contribution in [-0.4, -0.2) is 27.9 Å². The highest BCUT2D eigenvalue weighted by molar-refractivity contribution is 6.33. The quantitative estimate of drug-likeness (QED) is 0.394. The highest BCUT2D eigenvalue weighted by atomic mass is 35.5. The molecule has 0 saturated heterocycles. The summed E-state index contributed by atoms with van der Waals surface area (Å²) >= 11 is 5.92. The number of benzene rings is 2. The molecule has 3 aromatic rings. The van der Waals surface area contributed by atoms with Crippen LogP contribution in [0, 0.1) is 10.1 Å². The van der Waals surface area contributed by atoms with Gasteiger partial charge in [-0.15, -0.1) is 0 Å². The van der Waals surface area contributed by atoms with Crippen molar-refractivity contribution >= 4 is 45.8 Å². The molecule has 0 spiro atoms. The first kappa shape index (κ1) is 19.2. The van der Waals surface area contributed by atoms with Crippen LogP contribution in [0.4, 0.5) is 11.4 Å². The van der Waals surface area contributed by atoms with Gasteiger partial charge in [0.25, 0.3) is 11.6 Å². The fourth-order valence-corrected chi connectivity index (χ4v) is 2.70. The van der Waals surface area contributed by atoms with Gasteiger partial charge in [-0.05, 0) is 37.3 Å². The molecule has 1 atom stereocenters. The molecule has 9 heteroatoms. The molecular formula is C19H14ClN3O5. The molecule has 1 heterocycles. The molecule has 2 aromatic carbocycles. The number of rotatable bonds is 5. The molecule has 0 aliphatic carbocycles. The van der Waals surface area contributed by atoms with Crippen molar-refractivity contribution in [3.8, 4) is 0 Å². The van der Waals surface area contributed by atoms with Crippen molar-refractivity contribution in [2.75, 3.05) is 5.32 Å². The van der Waals surface area contributed by atoms with E-state index in [-0.39, 0.29) is 16.3 Å². The average molecular weight is 400 g/mol. The Bertz CT molecular complexity index is 1080. The van der Waals surface area contributed by atoms with Crippen LogP contribution in [0.3, 0.4) is 0 Å². The molecule has 1 amide bonds. The second-order valence-corrected chi connectivity index (χ2v) is 6.24. The van der Waals surface area contributed by atoms with Gasteiger partial charge in [-0.3, -0.25) is 19.9 Å². The maximum atomic E-state index is 12.4. The van der Waals surface area contributed by atoms with Crippen molar-refractivity contribution in [3.05, 3.63) is 75.4 Å². The Morgan fingerprint density at radius 3 is 2.75 bits per heavy atom. The fraction of sp³-hybridized carbons (Fsp3) is 0.105. The van der Waals surface area contributed by atoms with Crippen LogP contribution in [0.1, 0.15) is 17.3 Å². The van der Waals surface area contributed by atoms with E-state index in [1.165, 1.54) is 19.1 Å². The molecular weight excluding hydrogens is 386 g/mol. The monoisotopic (exact) mass is 399 g/mol. The zero-order valence-corrected chi connectivity index (χ0v) is 15.3. The lowest BCUT2D eigenvalue weighted by atomic mass is 10.1. The zero-order valence-electron chi connectivity index (χ0n) is 14.6. The van der Waals surface area contributed by atoms with E-state index in [0.717, 1.165) is 11.5 Å². The number of pyridine rings is 1. The number of carbonyl (C=O) groups is 2. The third-order valence-corrected chi connectivity index (χ3v) is 4.27. The predicted molar refractivity (Wildman–Crippen MR) is 103 cm³/mol. The summed E-state index contributed by atoms with van der Waals surface area (Å²) in [5.41, 5.74) is 0.724. The van der Waals surface area contributed by atoms with E-state index in [2.05, 4.69) is 10.3 Å². The van der Waals surface area contributed by atoms with Gasteiger partial charge in [-0.1, -0.05) is 17.7 Å². The molecule has 1 unspecified atom stereocenters. The van der Waals surface area contributed by atoms with Crippen molar-refractivity contribution in [3.63, 3.8) is 0 Å². The summed E-state index contributed by atoms with van der Waals surface area (Å²) in [6.07, 6.45) is 0.482. The summed E-state index contributed by atoms with van der Waals surface area (Å²) in [4.78, 5) is 39.2. The summed E-state index contributed by atoms with van der Waals surface area (Å²) in [5.74, 6) is -1.50. The molecule has 0 fully saturated rings. The van der Waals surface area contributed by atoms with Gasteiger partial charge < -0.3 is 10.1 Å². The van der Waals surface area contributed by atoms with Gasteiger partial charge in [-0.2, -0.15) is 0 Å². The number of nitro benzene ring substituents is 1. The number of esters is 1. The highest BCUT2D eigenvalue weighted by Gasteiger charge is 2.23.